The number of pyridine rings is 1. The summed E-state index contributed by atoms with van der Waals surface area (Å²) >= 11 is 3.22. The summed E-state index contributed by atoms with van der Waals surface area (Å²) in [6.07, 6.45) is 5.39. The van der Waals surface area contributed by atoms with Gasteiger partial charge in [-0.2, -0.15) is 0 Å². The maximum Gasteiger partial charge on any atom is 0.215 e. The zero-order valence-corrected chi connectivity index (χ0v) is 11.8. The first-order valence-electron chi connectivity index (χ1n) is 5.61. The SMILES string of the molecule is COc1ccc(NC2(c3nccs3)NC=CS2)nc1. The van der Waals surface area contributed by atoms with Crippen LogP contribution in [0.15, 0.2) is 41.5 Å². The van der Waals surface area contributed by atoms with Gasteiger partial charge in [0, 0.05) is 17.8 Å². The highest BCUT2D eigenvalue weighted by atomic mass is 32.2. The summed E-state index contributed by atoms with van der Waals surface area (Å²) in [5.41, 5.74) is 0. The summed E-state index contributed by atoms with van der Waals surface area (Å²) in [4.78, 5) is 8.23. The minimum absolute atomic E-state index is 0.476. The molecule has 0 aliphatic carbocycles. The Morgan fingerprint density at radius 1 is 1.37 bits per heavy atom. The van der Waals surface area contributed by atoms with E-state index in [1.807, 2.05) is 29.1 Å². The number of thiazole rings is 1. The van der Waals surface area contributed by atoms with Gasteiger partial charge in [0.15, 0.2) is 0 Å². The fourth-order valence-corrected chi connectivity index (χ4v) is 3.44. The van der Waals surface area contributed by atoms with Gasteiger partial charge in [-0.15, -0.1) is 11.3 Å². The molecule has 0 fully saturated rings. The minimum atomic E-state index is -0.476. The second-order valence-corrected chi connectivity index (χ2v) is 5.81. The molecular formula is C12H12N4OS2. The highest BCUT2D eigenvalue weighted by Gasteiger charge is 2.37. The van der Waals surface area contributed by atoms with Crippen molar-refractivity contribution in [1.82, 2.24) is 15.3 Å². The normalized spacial score (nSPS) is 21.1. The number of ether oxygens (including phenoxy) is 1. The predicted molar refractivity (Wildman–Crippen MR) is 78.1 cm³/mol. The topological polar surface area (TPSA) is 59.1 Å². The van der Waals surface area contributed by atoms with Gasteiger partial charge < -0.3 is 15.4 Å². The van der Waals surface area contributed by atoms with E-state index in [0.717, 1.165) is 16.6 Å². The van der Waals surface area contributed by atoms with Crippen LogP contribution in [0.1, 0.15) is 5.01 Å². The molecule has 0 amide bonds. The zero-order valence-electron chi connectivity index (χ0n) is 10.2. The first-order chi connectivity index (χ1) is 9.32. The smallest absolute Gasteiger partial charge is 0.215 e. The number of hydrogen-bond acceptors (Lipinski definition) is 7. The van der Waals surface area contributed by atoms with E-state index in [4.69, 9.17) is 4.74 Å². The molecule has 5 nitrogen and oxygen atoms in total. The van der Waals surface area contributed by atoms with Crippen LogP contribution in [0, 0.1) is 0 Å². The number of nitrogens with one attached hydrogen (secondary N) is 2. The van der Waals surface area contributed by atoms with Gasteiger partial charge in [0.05, 0.1) is 13.3 Å². The first kappa shape index (κ1) is 12.3. The molecule has 0 spiro atoms. The van der Waals surface area contributed by atoms with E-state index in [1.54, 1.807) is 42.6 Å². The number of anilines is 1. The lowest BCUT2D eigenvalue weighted by atomic mass is 10.4. The molecule has 3 heterocycles. The van der Waals surface area contributed by atoms with Crippen molar-refractivity contribution in [2.24, 2.45) is 0 Å². The maximum absolute atomic E-state index is 5.10. The van der Waals surface area contributed by atoms with Crippen LogP contribution in [0.4, 0.5) is 5.82 Å². The van der Waals surface area contributed by atoms with E-state index in [2.05, 4.69) is 20.6 Å². The molecule has 2 N–H and O–H groups in total. The van der Waals surface area contributed by atoms with Crippen LogP contribution in [0.25, 0.3) is 0 Å². The Bertz CT molecular complexity index is 560. The van der Waals surface area contributed by atoms with Crippen LogP contribution in [0.5, 0.6) is 5.75 Å². The van der Waals surface area contributed by atoms with E-state index in [9.17, 15) is 0 Å². The molecule has 1 aliphatic heterocycles. The van der Waals surface area contributed by atoms with Crippen LogP contribution >= 0.6 is 23.1 Å². The lowest BCUT2D eigenvalue weighted by Gasteiger charge is -2.28. The van der Waals surface area contributed by atoms with Gasteiger partial charge in [0.2, 0.25) is 4.99 Å². The van der Waals surface area contributed by atoms with Crippen molar-refractivity contribution in [2.45, 2.75) is 4.99 Å². The van der Waals surface area contributed by atoms with Crippen molar-refractivity contribution in [3.05, 3.63) is 46.5 Å². The van der Waals surface area contributed by atoms with Crippen LogP contribution in [0.3, 0.4) is 0 Å². The van der Waals surface area contributed by atoms with Crippen molar-refractivity contribution in [3.8, 4) is 5.75 Å². The summed E-state index contributed by atoms with van der Waals surface area (Å²) in [5.74, 6) is 1.50. The number of methoxy groups -OCH3 is 1. The summed E-state index contributed by atoms with van der Waals surface area (Å²) in [5, 5.41) is 11.6. The van der Waals surface area contributed by atoms with Crippen LogP contribution < -0.4 is 15.4 Å². The van der Waals surface area contributed by atoms with E-state index >= 15 is 0 Å². The van der Waals surface area contributed by atoms with Crippen molar-refractivity contribution < 1.29 is 4.74 Å². The van der Waals surface area contributed by atoms with Crippen LogP contribution in [-0.4, -0.2) is 17.1 Å². The van der Waals surface area contributed by atoms with Crippen LogP contribution in [-0.2, 0) is 4.99 Å². The number of hydrogen-bond donors (Lipinski definition) is 2. The summed E-state index contributed by atoms with van der Waals surface area (Å²) in [6.45, 7) is 0. The molecular weight excluding hydrogens is 280 g/mol. The molecule has 7 heteroatoms. The third-order valence-electron chi connectivity index (χ3n) is 2.61. The van der Waals surface area contributed by atoms with Gasteiger partial charge in [0.25, 0.3) is 0 Å². The molecule has 0 bridgehead atoms. The lowest BCUT2D eigenvalue weighted by Crippen LogP contribution is -2.41. The van der Waals surface area contributed by atoms with Gasteiger partial charge in [-0.1, -0.05) is 11.8 Å². The second-order valence-electron chi connectivity index (χ2n) is 3.79. The highest BCUT2D eigenvalue weighted by Crippen LogP contribution is 2.39. The molecule has 3 rings (SSSR count). The van der Waals surface area contributed by atoms with Crippen molar-refractivity contribution in [1.29, 1.82) is 0 Å². The Labute approximate surface area is 119 Å². The monoisotopic (exact) mass is 292 g/mol. The molecule has 19 heavy (non-hydrogen) atoms. The highest BCUT2D eigenvalue weighted by molar-refractivity contribution is 8.03. The van der Waals surface area contributed by atoms with Gasteiger partial charge in [-0.3, -0.25) is 0 Å². The Hall–Kier alpha value is -1.73. The zero-order chi connectivity index (χ0) is 13.1. The maximum atomic E-state index is 5.10. The largest absolute Gasteiger partial charge is 0.495 e. The molecule has 2 aromatic rings. The Morgan fingerprint density at radius 3 is 2.89 bits per heavy atom. The fourth-order valence-electron chi connectivity index (χ4n) is 1.71. The Morgan fingerprint density at radius 2 is 2.32 bits per heavy atom. The molecule has 0 saturated carbocycles. The second kappa shape index (κ2) is 5.10. The number of rotatable bonds is 4. The lowest BCUT2D eigenvalue weighted by molar-refractivity contribution is 0.413. The summed E-state index contributed by atoms with van der Waals surface area (Å²) in [7, 11) is 1.62. The third kappa shape index (κ3) is 2.39. The molecule has 1 unspecified atom stereocenters. The molecule has 0 saturated heterocycles. The van der Waals surface area contributed by atoms with E-state index in [-0.39, 0.29) is 0 Å². The number of nitrogens with zero attached hydrogens (tertiary/aromatic N) is 2. The van der Waals surface area contributed by atoms with Gasteiger partial charge in [-0.25, -0.2) is 9.97 Å². The minimum Gasteiger partial charge on any atom is -0.495 e. The van der Waals surface area contributed by atoms with E-state index in [1.165, 1.54) is 0 Å². The predicted octanol–water partition coefficient (Wildman–Crippen LogP) is 2.58. The first-order valence-corrected chi connectivity index (χ1v) is 7.37. The van der Waals surface area contributed by atoms with E-state index < -0.39 is 4.99 Å². The molecule has 0 aromatic carbocycles. The molecule has 98 valence electrons. The van der Waals surface area contributed by atoms with Gasteiger partial charge in [0.1, 0.15) is 16.6 Å². The van der Waals surface area contributed by atoms with Gasteiger partial charge in [-0.05, 0) is 17.5 Å². The summed E-state index contributed by atoms with van der Waals surface area (Å²) < 4.78 is 5.10. The average Bonchev–Trinajstić information content (AvgIpc) is 3.11. The third-order valence-corrected chi connectivity index (χ3v) is 4.67. The molecule has 1 atom stereocenters. The fraction of sp³-hybridized carbons (Fsp3) is 0.167. The standard InChI is InChI=1S/C12H12N4OS2/c1-17-9-2-3-10(14-8-9)16-12(15-5-7-19-12)11-13-4-6-18-11/h2-8,15H,1H3,(H,14,16). The molecule has 2 aromatic heterocycles. The van der Waals surface area contributed by atoms with Crippen LogP contribution in [0.2, 0.25) is 0 Å². The Balaban J connectivity index is 1.86. The van der Waals surface area contributed by atoms with Crippen molar-refractivity contribution in [2.75, 3.05) is 12.4 Å². The molecule has 0 radical (unpaired) electrons. The number of thioether (sulfide) groups is 1. The molecule has 1 aliphatic rings. The van der Waals surface area contributed by atoms with Gasteiger partial charge >= 0.3 is 0 Å². The van der Waals surface area contributed by atoms with Crippen molar-refractivity contribution in [3.63, 3.8) is 0 Å². The van der Waals surface area contributed by atoms with Crippen molar-refractivity contribution >= 4 is 28.9 Å². The quantitative estimate of drug-likeness (QED) is 0.903. The number of aromatic nitrogens is 2. The average molecular weight is 292 g/mol. The summed E-state index contributed by atoms with van der Waals surface area (Å²) in [6, 6.07) is 3.76. The van der Waals surface area contributed by atoms with E-state index in [0.29, 0.717) is 0 Å². The Kier molecular flexibility index (Phi) is 3.31.